The van der Waals surface area contributed by atoms with Crippen molar-refractivity contribution in [1.82, 2.24) is 5.32 Å². The molecular weight excluding hydrogens is 396 g/mol. The summed E-state index contributed by atoms with van der Waals surface area (Å²) in [7, 11) is -2.43. The van der Waals surface area contributed by atoms with E-state index in [1.807, 2.05) is 0 Å². The molecule has 0 aromatic heterocycles. The number of hydrogen-bond acceptors (Lipinski definition) is 4. The van der Waals surface area contributed by atoms with Crippen molar-refractivity contribution in [2.75, 3.05) is 18.4 Å². The second-order valence-electron chi connectivity index (χ2n) is 4.81. The van der Waals surface area contributed by atoms with Crippen LogP contribution < -0.4 is 14.8 Å². The van der Waals surface area contributed by atoms with Crippen LogP contribution in [0.2, 0.25) is 0 Å². The van der Waals surface area contributed by atoms with E-state index in [1.54, 1.807) is 31.2 Å². The van der Waals surface area contributed by atoms with Gasteiger partial charge in [-0.15, -0.1) is 0 Å². The van der Waals surface area contributed by atoms with Crippen LogP contribution >= 0.6 is 15.9 Å². The van der Waals surface area contributed by atoms with E-state index < -0.39 is 15.9 Å². The van der Waals surface area contributed by atoms with E-state index in [0.717, 1.165) is 0 Å². The second kappa shape index (κ2) is 7.67. The van der Waals surface area contributed by atoms with E-state index >= 15 is 0 Å². The molecule has 0 saturated heterocycles. The van der Waals surface area contributed by atoms with Crippen molar-refractivity contribution >= 4 is 37.5 Å². The minimum absolute atomic E-state index is 0.0275. The maximum Gasteiger partial charge on any atom is 0.261 e. The summed E-state index contributed by atoms with van der Waals surface area (Å²) in [5.74, 6) is -0.0897. The Kier molecular flexibility index (Phi) is 5.84. The molecule has 0 saturated carbocycles. The molecule has 0 fully saturated rings. The Morgan fingerprint density at radius 2 is 1.92 bits per heavy atom. The lowest BCUT2D eigenvalue weighted by molar-refractivity contribution is 0.0952. The fraction of sp³-hybridized carbons (Fsp3) is 0.188. The molecule has 0 aliphatic rings. The standard InChI is InChI=1S/C16H17BrN2O4S/c1-3-18-16(20)12-10-11(8-9-15(12)23-2)24(21,22)19-14-7-5-4-6-13(14)17/h4-10,19H,3H2,1-2H3,(H,18,20). The number of hydrogen-bond donors (Lipinski definition) is 2. The number of ether oxygens (including phenoxy) is 1. The quantitative estimate of drug-likeness (QED) is 0.763. The number of amides is 1. The van der Waals surface area contributed by atoms with Crippen molar-refractivity contribution in [3.05, 3.63) is 52.5 Å². The normalized spacial score (nSPS) is 11.0. The number of halogens is 1. The van der Waals surface area contributed by atoms with Crippen molar-refractivity contribution in [3.63, 3.8) is 0 Å². The SMILES string of the molecule is CCNC(=O)c1cc(S(=O)(=O)Nc2ccccc2Br)ccc1OC. The second-order valence-corrected chi connectivity index (χ2v) is 7.34. The van der Waals surface area contributed by atoms with Crippen molar-refractivity contribution in [2.45, 2.75) is 11.8 Å². The molecule has 0 heterocycles. The molecule has 0 spiro atoms. The molecule has 8 heteroatoms. The summed E-state index contributed by atoms with van der Waals surface area (Å²) in [4.78, 5) is 12.1. The number of sulfonamides is 1. The number of carbonyl (C=O) groups is 1. The van der Waals surface area contributed by atoms with Gasteiger partial charge < -0.3 is 10.1 Å². The van der Waals surface area contributed by atoms with Gasteiger partial charge >= 0.3 is 0 Å². The predicted molar refractivity (Wildman–Crippen MR) is 96.0 cm³/mol. The van der Waals surface area contributed by atoms with E-state index in [2.05, 4.69) is 26.0 Å². The number of anilines is 1. The lowest BCUT2D eigenvalue weighted by atomic mass is 10.2. The van der Waals surface area contributed by atoms with Crippen molar-refractivity contribution in [3.8, 4) is 5.75 Å². The smallest absolute Gasteiger partial charge is 0.261 e. The van der Waals surface area contributed by atoms with Gasteiger partial charge in [-0.05, 0) is 53.2 Å². The molecule has 0 bridgehead atoms. The first-order valence-electron chi connectivity index (χ1n) is 7.12. The third-order valence-electron chi connectivity index (χ3n) is 3.18. The number of methoxy groups -OCH3 is 1. The Morgan fingerprint density at radius 1 is 1.21 bits per heavy atom. The number of rotatable bonds is 6. The Morgan fingerprint density at radius 3 is 2.54 bits per heavy atom. The Balaban J connectivity index is 2.42. The molecule has 0 atom stereocenters. The minimum Gasteiger partial charge on any atom is -0.496 e. The van der Waals surface area contributed by atoms with Crippen LogP contribution in [-0.4, -0.2) is 28.0 Å². The molecule has 0 unspecified atom stereocenters. The van der Waals surface area contributed by atoms with Gasteiger partial charge in [-0.3, -0.25) is 9.52 Å². The van der Waals surface area contributed by atoms with E-state index in [4.69, 9.17) is 4.74 Å². The van der Waals surface area contributed by atoms with Crippen LogP contribution in [0.4, 0.5) is 5.69 Å². The fourth-order valence-electron chi connectivity index (χ4n) is 2.04. The van der Waals surface area contributed by atoms with E-state index in [0.29, 0.717) is 22.5 Å². The topological polar surface area (TPSA) is 84.5 Å². The predicted octanol–water partition coefficient (Wildman–Crippen LogP) is 3.01. The summed E-state index contributed by atoms with van der Waals surface area (Å²) in [6.45, 7) is 2.20. The molecule has 24 heavy (non-hydrogen) atoms. The number of carbonyl (C=O) groups excluding carboxylic acids is 1. The van der Waals surface area contributed by atoms with Gasteiger partial charge in [0.25, 0.3) is 15.9 Å². The molecule has 2 rings (SSSR count). The molecule has 2 aromatic rings. The van der Waals surface area contributed by atoms with Gasteiger partial charge in [0.1, 0.15) is 5.75 Å². The lowest BCUT2D eigenvalue weighted by Gasteiger charge is -2.13. The van der Waals surface area contributed by atoms with E-state index in [9.17, 15) is 13.2 Å². The van der Waals surface area contributed by atoms with Gasteiger partial charge in [-0.25, -0.2) is 8.42 Å². The van der Waals surface area contributed by atoms with Crippen molar-refractivity contribution in [1.29, 1.82) is 0 Å². The van der Waals surface area contributed by atoms with Crippen LogP contribution in [0.25, 0.3) is 0 Å². The third-order valence-corrected chi connectivity index (χ3v) is 5.24. The molecule has 2 aromatic carbocycles. The summed E-state index contributed by atoms with van der Waals surface area (Å²) in [6.07, 6.45) is 0. The van der Waals surface area contributed by atoms with Crippen LogP contribution in [0.5, 0.6) is 5.75 Å². The highest BCUT2D eigenvalue weighted by molar-refractivity contribution is 9.10. The van der Waals surface area contributed by atoms with Crippen molar-refractivity contribution < 1.29 is 17.9 Å². The van der Waals surface area contributed by atoms with E-state index in [1.165, 1.54) is 25.3 Å². The first-order valence-corrected chi connectivity index (χ1v) is 9.40. The largest absolute Gasteiger partial charge is 0.496 e. The van der Waals surface area contributed by atoms with Crippen LogP contribution in [0.3, 0.4) is 0 Å². The zero-order valence-corrected chi connectivity index (χ0v) is 15.6. The average molecular weight is 413 g/mol. The van der Waals surface area contributed by atoms with Gasteiger partial charge in [0.2, 0.25) is 0 Å². The van der Waals surface area contributed by atoms with E-state index in [-0.39, 0.29) is 10.5 Å². The number of para-hydroxylation sites is 1. The first kappa shape index (κ1) is 18.3. The molecule has 0 radical (unpaired) electrons. The van der Waals surface area contributed by atoms with Gasteiger partial charge in [-0.1, -0.05) is 12.1 Å². The zero-order valence-electron chi connectivity index (χ0n) is 13.2. The summed E-state index contributed by atoms with van der Waals surface area (Å²) in [5, 5.41) is 2.63. The maximum absolute atomic E-state index is 12.6. The maximum atomic E-state index is 12.6. The molecule has 0 aliphatic carbocycles. The highest BCUT2D eigenvalue weighted by atomic mass is 79.9. The number of nitrogens with one attached hydrogen (secondary N) is 2. The van der Waals surface area contributed by atoms with Crippen LogP contribution in [-0.2, 0) is 10.0 Å². The third kappa shape index (κ3) is 4.07. The Hall–Kier alpha value is -2.06. The fourth-order valence-corrected chi connectivity index (χ4v) is 3.66. The monoisotopic (exact) mass is 412 g/mol. The van der Waals surface area contributed by atoms with Gasteiger partial charge in [-0.2, -0.15) is 0 Å². The average Bonchev–Trinajstić information content (AvgIpc) is 2.56. The highest BCUT2D eigenvalue weighted by Crippen LogP contribution is 2.27. The summed E-state index contributed by atoms with van der Waals surface area (Å²) >= 11 is 3.29. The lowest BCUT2D eigenvalue weighted by Crippen LogP contribution is -2.24. The molecule has 2 N–H and O–H groups in total. The van der Waals surface area contributed by atoms with Crippen LogP contribution in [0.15, 0.2) is 51.8 Å². The Bertz CT molecular complexity index is 853. The Labute approximate surface area is 149 Å². The van der Waals surface area contributed by atoms with Gasteiger partial charge in [0.15, 0.2) is 0 Å². The molecule has 128 valence electrons. The van der Waals surface area contributed by atoms with Crippen molar-refractivity contribution in [2.24, 2.45) is 0 Å². The molecule has 6 nitrogen and oxygen atoms in total. The van der Waals surface area contributed by atoms with Gasteiger partial charge in [0, 0.05) is 11.0 Å². The summed E-state index contributed by atoms with van der Waals surface area (Å²) in [5.41, 5.74) is 0.572. The zero-order chi connectivity index (χ0) is 17.7. The first-order chi connectivity index (χ1) is 11.4. The molecule has 0 aliphatic heterocycles. The van der Waals surface area contributed by atoms with Gasteiger partial charge in [0.05, 0.1) is 23.3 Å². The highest BCUT2D eigenvalue weighted by Gasteiger charge is 2.20. The summed E-state index contributed by atoms with van der Waals surface area (Å²) in [6, 6.07) is 11.0. The number of benzene rings is 2. The molecular formula is C16H17BrN2O4S. The van der Waals surface area contributed by atoms with Crippen LogP contribution in [0, 0.1) is 0 Å². The molecule has 1 amide bonds. The minimum atomic E-state index is -3.85. The van der Waals surface area contributed by atoms with Crippen LogP contribution in [0.1, 0.15) is 17.3 Å². The summed E-state index contributed by atoms with van der Waals surface area (Å²) < 4.78 is 33.4.